The lowest BCUT2D eigenvalue weighted by Gasteiger charge is -2.58. The van der Waals surface area contributed by atoms with Crippen LogP contribution in [-0.4, -0.2) is 16.1 Å². The van der Waals surface area contributed by atoms with Crippen LogP contribution in [0.25, 0.3) is 0 Å². The molecule has 1 N–H and O–H groups in total. The average molecular weight is 275 g/mol. The Hall–Kier alpha value is -1.32. The summed E-state index contributed by atoms with van der Waals surface area (Å²) in [5.74, 6) is 2.53. The molecule has 0 radical (unpaired) electrons. The van der Waals surface area contributed by atoms with E-state index in [1.54, 1.807) is 0 Å². The normalized spacial score (nSPS) is 40.0. The molecule has 4 saturated carbocycles. The topological polar surface area (TPSA) is 63.3 Å². The lowest BCUT2D eigenvalue weighted by molar-refractivity contribution is -0.0694. The number of oxazole rings is 1. The molecule has 0 spiro atoms. The number of aromatic nitrogens is 1. The molecular weight excluding hydrogens is 254 g/mol. The Morgan fingerprint density at radius 1 is 1.30 bits per heavy atom. The van der Waals surface area contributed by atoms with Gasteiger partial charge in [-0.25, -0.2) is 9.78 Å². The van der Waals surface area contributed by atoms with E-state index in [-0.39, 0.29) is 11.6 Å². The standard InChI is InChI=1S/C16H21NO3/c1-9(14-17-13(8-20-14)15(18)19)16-5-10-2-11(6-16)4-12(3-10)7-16/h8-12H,2-7H2,1H3,(H,18,19). The highest BCUT2D eigenvalue weighted by atomic mass is 16.4. The van der Waals surface area contributed by atoms with E-state index in [9.17, 15) is 4.79 Å². The smallest absolute Gasteiger partial charge is 0.357 e. The van der Waals surface area contributed by atoms with Crippen LogP contribution in [0.3, 0.4) is 0 Å². The summed E-state index contributed by atoms with van der Waals surface area (Å²) in [5.41, 5.74) is 0.353. The van der Waals surface area contributed by atoms with Gasteiger partial charge in [-0.15, -0.1) is 0 Å². The lowest BCUT2D eigenvalue weighted by Crippen LogP contribution is -2.48. The van der Waals surface area contributed by atoms with Crippen molar-refractivity contribution in [2.24, 2.45) is 23.2 Å². The third kappa shape index (κ3) is 1.73. The summed E-state index contributed by atoms with van der Waals surface area (Å²) in [4.78, 5) is 15.2. The third-order valence-electron chi connectivity index (χ3n) is 6.12. The van der Waals surface area contributed by atoms with Crippen LogP contribution in [0.15, 0.2) is 10.7 Å². The summed E-state index contributed by atoms with van der Waals surface area (Å²) in [7, 11) is 0. The molecule has 0 aromatic carbocycles. The van der Waals surface area contributed by atoms with Crippen LogP contribution in [0.2, 0.25) is 0 Å². The van der Waals surface area contributed by atoms with E-state index in [2.05, 4.69) is 11.9 Å². The molecule has 4 heteroatoms. The second-order valence-corrected chi connectivity index (χ2v) is 7.38. The van der Waals surface area contributed by atoms with E-state index < -0.39 is 5.97 Å². The molecule has 5 rings (SSSR count). The van der Waals surface area contributed by atoms with Gasteiger partial charge in [-0.2, -0.15) is 0 Å². The van der Waals surface area contributed by atoms with Crippen molar-refractivity contribution in [1.82, 2.24) is 4.98 Å². The van der Waals surface area contributed by atoms with Crippen molar-refractivity contribution in [2.45, 2.75) is 51.4 Å². The summed E-state index contributed by atoms with van der Waals surface area (Å²) in [6.07, 6.45) is 9.38. The van der Waals surface area contributed by atoms with Crippen LogP contribution >= 0.6 is 0 Å². The Bertz CT molecular complexity index is 512. The first kappa shape index (κ1) is 12.4. The first-order chi connectivity index (χ1) is 9.56. The van der Waals surface area contributed by atoms with E-state index in [4.69, 9.17) is 9.52 Å². The number of rotatable bonds is 3. The van der Waals surface area contributed by atoms with Gasteiger partial charge in [-0.3, -0.25) is 0 Å². The zero-order valence-corrected chi connectivity index (χ0v) is 11.8. The van der Waals surface area contributed by atoms with Gasteiger partial charge in [0.25, 0.3) is 0 Å². The molecule has 20 heavy (non-hydrogen) atoms. The second kappa shape index (κ2) is 4.09. The van der Waals surface area contributed by atoms with E-state index in [0.717, 1.165) is 17.8 Å². The van der Waals surface area contributed by atoms with Gasteiger partial charge in [0.2, 0.25) is 0 Å². The molecule has 1 unspecified atom stereocenters. The number of nitrogens with zero attached hydrogens (tertiary/aromatic N) is 1. The van der Waals surface area contributed by atoms with Crippen molar-refractivity contribution < 1.29 is 14.3 Å². The molecule has 0 aliphatic heterocycles. The maximum atomic E-state index is 11.0. The molecule has 1 aromatic rings. The minimum absolute atomic E-state index is 0.0385. The highest BCUT2D eigenvalue weighted by Gasteiger charge is 2.54. The maximum Gasteiger partial charge on any atom is 0.357 e. The van der Waals surface area contributed by atoms with Crippen LogP contribution in [0.5, 0.6) is 0 Å². The van der Waals surface area contributed by atoms with Crippen LogP contribution in [0, 0.1) is 23.2 Å². The quantitative estimate of drug-likeness (QED) is 0.913. The number of aromatic carboxylic acids is 1. The molecule has 4 bridgehead atoms. The zero-order valence-electron chi connectivity index (χ0n) is 11.8. The van der Waals surface area contributed by atoms with Crippen LogP contribution in [0.1, 0.15) is 67.7 Å². The highest BCUT2D eigenvalue weighted by molar-refractivity contribution is 5.84. The summed E-state index contributed by atoms with van der Waals surface area (Å²) in [5, 5.41) is 8.99. The van der Waals surface area contributed by atoms with E-state index in [1.165, 1.54) is 44.8 Å². The van der Waals surface area contributed by atoms with Crippen molar-refractivity contribution in [3.63, 3.8) is 0 Å². The Labute approximate surface area is 118 Å². The predicted octanol–water partition coefficient (Wildman–Crippen LogP) is 3.69. The lowest BCUT2D eigenvalue weighted by atomic mass is 9.46. The molecule has 1 atom stereocenters. The Morgan fingerprint density at radius 3 is 2.30 bits per heavy atom. The van der Waals surface area contributed by atoms with Gasteiger partial charge in [0.15, 0.2) is 11.6 Å². The fourth-order valence-electron chi connectivity index (χ4n) is 5.55. The maximum absolute atomic E-state index is 11.0. The van der Waals surface area contributed by atoms with Crippen LogP contribution < -0.4 is 0 Å². The monoisotopic (exact) mass is 275 g/mol. The number of carboxylic acid groups (broad SMARTS) is 1. The number of carbonyl (C=O) groups is 1. The van der Waals surface area contributed by atoms with E-state index in [1.807, 2.05) is 0 Å². The Kier molecular flexibility index (Phi) is 2.54. The first-order valence-electron chi connectivity index (χ1n) is 7.74. The van der Waals surface area contributed by atoms with Gasteiger partial charge in [-0.1, -0.05) is 6.92 Å². The van der Waals surface area contributed by atoms with Gasteiger partial charge < -0.3 is 9.52 Å². The van der Waals surface area contributed by atoms with Gasteiger partial charge in [0.05, 0.1) is 0 Å². The molecular formula is C16H21NO3. The molecule has 0 saturated heterocycles. The summed E-state index contributed by atoms with van der Waals surface area (Å²) in [6.45, 7) is 2.19. The molecule has 1 aromatic heterocycles. The molecule has 4 aliphatic carbocycles. The van der Waals surface area contributed by atoms with Crippen molar-refractivity contribution >= 4 is 5.97 Å². The van der Waals surface area contributed by atoms with Gasteiger partial charge in [0.1, 0.15) is 6.26 Å². The van der Waals surface area contributed by atoms with Crippen LogP contribution in [0.4, 0.5) is 0 Å². The number of hydrogen-bond acceptors (Lipinski definition) is 3. The zero-order chi connectivity index (χ0) is 13.9. The first-order valence-corrected chi connectivity index (χ1v) is 7.74. The number of carboxylic acids is 1. The van der Waals surface area contributed by atoms with Gasteiger partial charge in [0, 0.05) is 5.92 Å². The molecule has 4 fully saturated rings. The Morgan fingerprint density at radius 2 is 1.85 bits per heavy atom. The van der Waals surface area contributed by atoms with Crippen LogP contribution in [-0.2, 0) is 0 Å². The minimum Gasteiger partial charge on any atom is -0.476 e. The summed E-state index contributed by atoms with van der Waals surface area (Å²) >= 11 is 0. The predicted molar refractivity (Wildman–Crippen MR) is 72.5 cm³/mol. The fraction of sp³-hybridized carbons (Fsp3) is 0.750. The van der Waals surface area contributed by atoms with Crippen molar-refractivity contribution in [3.05, 3.63) is 17.8 Å². The molecule has 1 heterocycles. The summed E-state index contributed by atoms with van der Waals surface area (Å²) < 4.78 is 5.49. The average Bonchev–Trinajstić information content (AvgIpc) is 2.85. The van der Waals surface area contributed by atoms with Crippen molar-refractivity contribution in [1.29, 1.82) is 0 Å². The molecule has 4 nitrogen and oxygen atoms in total. The van der Waals surface area contributed by atoms with Gasteiger partial charge >= 0.3 is 5.97 Å². The second-order valence-electron chi connectivity index (χ2n) is 7.38. The minimum atomic E-state index is -1.00. The number of hydrogen-bond donors (Lipinski definition) is 1. The Balaban J connectivity index is 1.64. The molecule has 4 aliphatic rings. The van der Waals surface area contributed by atoms with Gasteiger partial charge in [-0.05, 0) is 61.7 Å². The summed E-state index contributed by atoms with van der Waals surface area (Å²) in [6, 6.07) is 0. The van der Waals surface area contributed by atoms with Crippen molar-refractivity contribution in [2.75, 3.05) is 0 Å². The van der Waals surface area contributed by atoms with E-state index >= 15 is 0 Å². The SMILES string of the molecule is CC(c1nc(C(=O)O)co1)C12CC3CC(CC(C3)C1)C2. The highest BCUT2D eigenvalue weighted by Crippen LogP contribution is 2.64. The molecule has 108 valence electrons. The van der Waals surface area contributed by atoms with Crippen molar-refractivity contribution in [3.8, 4) is 0 Å². The fourth-order valence-corrected chi connectivity index (χ4v) is 5.55. The molecule has 0 amide bonds. The largest absolute Gasteiger partial charge is 0.476 e. The third-order valence-corrected chi connectivity index (χ3v) is 6.12. The van der Waals surface area contributed by atoms with E-state index in [0.29, 0.717) is 11.3 Å².